The quantitative estimate of drug-likeness (QED) is 0.686. The average molecular weight is 223 g/mol. The predicted octanol–water partition coefficient (Wildman–Crippen LogP) is 0.153. The molecule has 0 unspecified atom stereocenters. The molecular weight excluding hydrogens is 210 g/mol. The van der Waals surface area contributed by atoms with Crippen molar-refractivity contribution in [2.24, 2.45) is 0 Å². The first-order valence-electron chi connectivity index (χ1n) is 4.92. The standard InChI is InChI=1S/C9H13N5O2/c1-4(2)16-3-5-11-6-7(12-5)13-9(10)14-8(6)15/h4H,3H2,1-2H3,(H4,10,11,12,13,14,15). The highest BCUT2D eigenvalue weighted by molar-refractivity contribution is 5.70. The number of imidazole rings is 1. The Morgan fingerprint density at radius 3 is 2.81 bits per heavy atom. The van der Waals surface area contributed by atoms with Gasteiger partial charge in [-0.3, -0.25) is 9.78 Å². The molecule has 0 radical (unpaired) electrons. The van der Waals surface area contributed by atoms with Crippen molar-refractivity contribution in [3.05, 3.63) is 16.2 Å². The van der Waals surface area contributed by atoms with Gasteiger partial charge in [0.15, 0.2) is 11.2 Å². The SMILES string of the molecule is CC(C)OCc1nc2nc(N)[nH]c(=O)c2[nH]1. The zero-order valence-corrected chi connectivity index (χ0v) is 9.07. The van der Waals surface area contributed by atoms with Gasteiger partial charge < -0.3 is 15.5 Å². The predicted molar refractivity (Wildman–Crippen MR) is 58.8 cm³/mol. The summed E-state index contributed by atoms with van der Waals surface area (Å²) >= 11 is 0. The van der Waals surface area contributed by atoms with Crippen molar-refractivity contribution in [3.63, 3.8) is 0 Å². The van der Waals surface area contributed by atoms with Gasteiger partial charge in [-0.05, 0) is 13.8 Å². The Balaban J connectivity index is 2.36. The second kappa shape index (κ2) is 3.93. The van der Waals surface area contributed by atoms with Crippen LogP contribution in [-0.2, 0) is 11.3 Å². The van der Waals surface area contributed by atoms with E-state index in [9.17, 15) is 4.79 Å². The maximum absolute atomic E-state index is 11.5. The fraction of sp³-hybridized carbons (Fsp3) is 0.444. The number of hydrogen-bond acceptors (Lipinski definition) is 5. The van der Waals surface area contributed by atoms with Crippen LogP contribution in [0.25, 0.3) is 11.2 Å². The molecule has 86 valence electrons. The molecule has 4 N–H and O–H groups in total. The summed E-state index contributed by atoms with van der Waals surface area (Å²) in [5.41, 5.74) is 5.70. The second-order valence-corrected chi connectivity index (χ2v) is 3.69. The molecule has 0 fully saturated rings. The Hall–Kier alpha value is -1.89. The number of nitrogens with two attached hydrogens (primary N) is 1. The van der Waals surface area contributed by atoms with Crippen molar-refractivity contribution in [1.29, 1.82) is 0 Å². The Bertz CT molecular complexity index is 557. The number of H-pyrrole nitrogens is 2. The summed E-state index contributed by atoms with van der Waals surface area (Å²) in [5, 5.41) is 0. The first-order chi connectivity index (χ1) is 7.56. The normalized spacial score (nSPS) is 11.4. The number of aromatic amines is 2. The number of rotatable bonds is 3. The van der Waals surface area contributed by atoms with E-state index in [0.29, 0.717) is 23.6 Å². The van der Waals surface area contributed by atoms with Crippen molar-refractivity contribution in [3.8, 4) is 0 Å². The topological polar surface area (TPSA) is 110 Å². The van der Waals surface area contributed by atoms with E-state index in [1.54, 1.807) is 0 Å². The molecule has 7 heteroatoms. The monoisotopic (exact) mass is 223 g/mol. The third kappa shape index (κ3) is 2.03. The molecule has 0 aliphatic rings. The van der Waals surface area contributed by atoms with Crippen LogP contribution in [0.4, 0.5) is 5.95 Å². The van der Waals surface area contributed by atoms with Crippen molar-refractivity contribution < 1.29 is 4.74 Å². The van der Waals surface area contributed by atoms with Crippen LogP contribution in [0.2, 0.25) is 0 Å². The third-order valence-corrected chi connectivity index (χ3v) is 1.98. The molecule has 0 amide bonds. The van der Waals surface area contributed by atoms with Gasteiger partial charge in [-0.2, -0.15) is 4.98 Å². The van der Waals surface area contributed by atoms with Gasteiger partial charge in [0.1, 0.15) is 12.4 Å². The molecule has 2 heterocycles. The minimum atomic E-state index is -0.328. The number of nitrogen functional groups attached to an aromatic ring is 1. The lowest BCUT2D eigenvalue weighted by Crippen LogP contribution is -2.10. The Kier molecular flexibility index (Phi) is 2.61. The summed E-state index contributed by atoms with van der Waals surface area (Å²) in [6.45, 7) is 4.16. The van der Waals surface area contributed by atoms with Crippen LogP contribution in [0.3, 0.4) is 0 Å². The Morgan fingerprint density at radius 1 is 1.38 bits per heavy atom. The highest BCUT2D eigenvalue weighted by Crippen LogP contribution is 2.06. The molecule has 2 aromatic rings. The summed E-state index contributed by atoms with van der Waals surface area (Å²) in [6, 6.07) is 0. The minimum Gasteiger partial charge on any atom is -0.371 e. The van der Waals surface area contributed by atoms with Gasteiger partial charge in [-0.25, -0.2) is 4.98 Å². The van der Waals surface area contributed by atoms with Crippen molar-refractivity contribution in [1.82, 2.24) is 19.9 Å². The lowest BCUT2D eigenvalue weighted by atomic mass is 10.5. The van der Waals surface area contributed by atoms with E-state index in [0.717, 1.165) is 0 Å². The van der Waals surface area contributed by atoms with Gasteiger partial charge in [0.05, 0.1) is 6.10 Å². The molecule has 7 nitrogen and oxygen atoms in total. The zero-order valence-electron chi connectivity index (χ0n) is 9.07. The lowest BCUT2D eigenvalue weighted by molar-refractivity contribution is 0.0618. The minimum absolute atomic E-state index is 0.0559. The first kappa shape index (κ1) is 10.6. The fourth-order valence-corrected chi connectivity index (χ4v) is 1.29. The van der Waals surface area contributed by atoms with E-state index in [1.165, 1.54) is 0 Å². The smallest absolute Gasteiger partial charge is 0.278 e. The summed E-state index contributed by atoms with van der Waals surface area (Å²) in [7, 11) is 0. The molecular formula is C9H13N5O2. The summed E-state index contributed by atoms with van der Waals surface area (Å²) in [5.74, 6) is 0.618. The maximum atomic E-state index is 11.5. The summed E-state index contributed by atoms with van der Waals surface area (Å²) in [6.07, 6.45) is 0.101. The Labute approximate surface area is 91.1 Å². The van der Waals surface area contributed by atoms with Gasteiger partial charge in [0.25, 0.3) is 5.56 Å². The van der Waals surface area contributed by atoms with Gasteiger partial charge in [-0.15, -0.1) is 0 Å². The molecule has 0 aliphatic carbocycles. The van der Waals surface area contributed by atoms with Gasteiger partial charge in [-0.1, -0.05) is 0 Å². The van der Waals surface area contributed by atoms with Crippen LogP contribution in [0.1, 0.15) is 19.7 Å². The molecule has 0 aliphatic heterocycles. The summed E-state index contributed by atoms with van der Waals surface area (Å²) < 4.78 is 5.36. The highest BCUT2D eigenvalue weighted by atomic mass is 16.5. The molecule has 0 aromatic carbocycles. The summed E-state index contributed by atoms with van der Waals surface area (Å²) in [4.78, 5) is 24.7. The van der Waals surface area contributed by atoms with Crippen LogP contribution in [-0.4, -0.2) is 26.0 Å². The first-order valence-corrected chi connectivity index (χ1v) is 4.92. The lowest BCUT2D eigenvalue weighted by Gasteiger charge is -2.03. The number of fused-ring (bicyclic) bond motifs is 1. The van der Waals surface area contributed by atoms with Crippen LogP contribution >= 0.6 is 0 Å². The Morgan fingerprint density at radius 2 is 2.12 bits per heavy atom. The van der Waals surface area contributed by atoms with Crippen LogP contribution in [0, 0.1) is 0 Å². The third-order valence-electron chi connectivity index (χ3n) is 1.98. The largest absolute Gasteiger partial charge is 0.371 e. The van der Waals surface area contributed by atoms with Crippen LogP contribution in [0.15, 0.2) is 4.79 Å². The van der Waals surface area contributed by atoms with Gasteiger partial charge >= 0.3 is 0 Å². The molecule has 2 rings (SSSR count). The second-order valence-electron chi connectivity index (χ2n) is 3.69. The number of nitrogens with one attached hydrogen (secondary N) is 2. The van der Waals surface area contributed by atoms with E-state index in [-0.39, 0.29) is 17.6 Å². The average Bonchev–Trinajstić information content (AvgIpc) is 2.57. The van der Waals surface area contributed by atoms with E-state index in [1.807, 2.05) is 13.8 Å². The van der Waals surface area contributed by atoms with Crippen molar-refractivity contribution in [2.45, 2.75) is 26.6 Å². The molecule has 0 saturated carbocycles. The zero-order chi connectivity index (χ0) is 11.7. The fourth-order valence-electron chi connectivity index (χ4n) is 1.29. The van der Waals surface area contributed by atoms with Crippen molar-refractivity contribution in [2.75, 3.05) is 5.73 Å². The molecule has 2 aromatic heterocycles. The number of hydrogen-bond donors (Lipinski definition) is 3. The number of ether oxygens (including phenoxy) is 1. The highest BCUT2D eigenvalue weighted by Gasteiger charge is 2.08. The molecule has 0 bridgehead atoms. The maximum Gasteiger partial charge on any atom is 0.278 e. The van der Waals surface area contributed by atoms with Crippen molar-refractivity contribution >= 4 is 17.1 Å². The van der Waals surface area contributed by atoms with Crippen LogP contribution in [0.5, 0.6) is 0 Å². The molecule has 16 heavy (non-hydrogen) atoms. The molecule has 0 spiro atoms. The van der Waals surface area contributed by atoms with Gasteiger partial charge in [0.2, 0.25) is 5.95 Å². The number of nitrogens with zero attached hydrogens (tertiary/aromatic N) is 2. The van der Waals surface area contributed by atoms with E-state index >= 15 is 0 Å². The molecule has 0 atom stereocenters. The van der Waals surface area contributed by atoms with E-state index in [4.69, 9.17) is 10.5 Å². The molecule has 0 saturated heterocycles. The van der Waals surface area contributed by atoms with E-state index < -0.39 is 0 Å². The van der Waals surface area contributed by atoms with Gasteiger partial charge in [0, 0.05) is 0 Å². The van der Waals surface area contributed by atoms with E-state index in [2.05, 4.69) is 19.9 Å². The number of anilines is 1. The van der Waals surface area contributed by atoms with Crippen LogP contribution < -0.4 is 11.3 Å². The number of aromatic nitrogens is 4.